The summed E-state index contributed by atoms with van der Waals surface area (Å²) >= 11 is 0. The number of furan rings is 1. The summed E-state index contributed by atoms with van der Waals surface area (Å²) < 4.78 is 11.4. The molecule has 1 N–H and O–H groups in total. The lowest BCUT2D eigenvalue weighted by atomic mass is 9.94. The van der Waals surface area contributed by atoms with E-state index < -0.39 is 12.0 Å². The molecule has 1 atom stereocenters. The number of fused-ring (bicyclic) bond motifs is 1. The zero-order valence-electron chi connectivity index (χ0n) is 15.5. The van der Waals surface area contributed by atoms with Crippen molar-refractivity contribution < 1.29 is 13.9 Å². The second-order valence-corrected chi connectivity index (χ2v) is 6.52. The van der Waals surface area contributed by atoms with Crippen LogP contribution in [0.1, 0.15) is 23.0 Å². The Hall–Kier alpha value is -4.04. The van der Waals surface area contributed by atoms with Crippen molar-refractivity contribution in [2.24, 2.45) is 0 Å². The molecule has 0 fully saturated rings. The predicted octanol–water partition coefficient (Wildman–Crippen LogP) is 4.56. The van der Waals surface area contributed by atoms with Gasteiger partial charge in [0.25, 0.3) is 5.91 Å². The molecule has 1 aliphatic rings. The minimum Gasteiger partial charge on any atom is -0.480 e. The summed E-state index contributed by atoms with van der Waals surface area (Å²) in [5, 5.41) is 12.3. The van der Waals surface area contributed by atoms with Gasteiger partial charge in [0, 0.05) is 5.56 Å². The maximum absolute atomic E-state index is 12.5. The molecule has 1 aromatic heterocycles. The van der Waals surface area contributed by atoms with Crippen LogP contribution in [-0.4, -0.2) is 5.91 Å². The zero-order chi connectivity index (χ0) is 20.1. The molecule has 1 aliphatic heterocycles. The number of carbonyl (C=O) groups excluding carboxylic acids is 1. The van der Waals surface area contributed by atoms with Gasteiger partial charge in [-0.1, -0.05) is 48.5 Å². The number of carbonyl (C=O) groups is 1. The summed E-state index contributed by atoms with van der Waals surface area (Å²) in [5.74, 6) is 0.918. The average molecular weight is 382 g/mol. The van der Waals surface area contributed by atoms with E-state index in [-0.39, 0.29) is 12.1 Å². The van der Waals surface area contributed by atoms with Gasteiger partial charge in [-0.2, -0.15) is 5.26 Å². The first-order valence-corrected chi connectivity index (χ1v) is 9.19. The highest BCUT2D eigenvalue weighted by atomic mass is 16.5. The van der Waals surface area contributed by atoms with Gasteiger partial charge in [-0.05, 0) is 41.5 Å². The molecule has 5 nitrogen and oxygen atoms in total. The van der Waals surface area contributed by atoms with Crippen molar-refractivity contribution in [2.45, 2.75) is 12.6 Å². The number of hydrogen-bond acceptors (Lipinski definition) is 4. The lowest BCUT2D eigenvalue weighted by Gasteiger charge is -2.26. The molecular formula is C24H18N2O3. The van der Waals surface area contributed by atoms with Gasteiger partial charge in [0.2, 0.25) is 0 Å². The number of rotatable bonds is 5. The van der Waals surface area contributed by atoms with Crippen LogP contribution in [0.25, 0.3) is 6.08 Å². The Morgan fingerprint density at radius 2 is 1.86 bits per heavy atom. The van der Waals surface area contributed by atoms with Crippen LogP contribution < -0.4 is 10.1 Å². The number of nitrogens with one attached hydrogen (secondary N) is 1. The third-order valence-corrected chi connectivity index (χ3v) is 4.57. The number of benzene rings is 2. The summed E-state index contributed by atoms with van der Waals surface area (Å²) in [7, 11) is 0. The molecule has 1 amide bonds. The number of amides is 1. The Morgan fingerprint density at radius 3 is 2.62 bits per heavy atom. The second kappa shape index (κ2) is 8.32. The minimum absolute atomic E-state index is 0.00622. The van der Waals surface area contributed by atoms with E-state index in [9.17, 15) is 10.1 Å². The molecule has 1 unspecified atom stereocenters. The van der Waals surface area contributed by atoms with Gasteiger partial charge in [-0.15, -0.1) is 0 Å². The van der Waals surface area contributed by atoms with Crippen LogP contribution in [0.5, 0.6) is 5.75 Å². The highest BCUT2D eigenvalue weighted by molar-refractivity contribution is 5.98. The fraction of sp³-hybridized carbons (Fsp3) is 0.0833. The number of ether oxygens (including phenoxy) is 1. The summed E-state index contributed by atoms with van der Waals surface area (Å²) in [6, 6.07) is 22.9. The number of hydrogen-bond donors (Lipinski definition) is 1. The highest BCUT2D eigenvalue weighted by Crippen LogP contribution is 2.38. The van der Waals surface area contributed by atoms with Crippen molar-refractivity contribution in [3.63, 3.8) is 0 Å². The van der Waals surface area contributed by atoms with Crippen molar-refractivity contribution in [2.75, 3.05) is 0 Å². The molecule has 0 saturated carbocycles. The first kappa shape index (κ1) is 18.3. The van der Waals surface area contributed by atoms with E-state index in [1.54, 1.807) is 18.2 Å². The first-order chi connectivity index (χ1) is 14.2. The van der Waals surface area contributed by atoms with Gasteiger partial charge >= 0.3 is 0 Å². The Balaban J connectivity index is 1.65. The topological polar surface area (TPSA) is 75.3 Å². The van der Waals surface area contributed by atoms with E-state index >= 15 is 0 Å². The van der Waals surface area contributed by atoms with Crippen LogP contribution in [0.4, 0.5) is 0 Å². The fourth-order valence-electron chi connectivity index (χ4n) is 3.15. The van der Waals surface area contributed by atoms with Crippen molar-refractivity contribution in [1.29, 1.82) is 5.26 Å². The van der Waals surface area contributed by atoms with Gasteiger partial charge in [-0.25, -0.2) is 0 Å². The number of nitrogens with zero attached hydrogens (tertiary/aromatic N) is 1. The lowest BCUT2D eigenvalue weighted by Crippen LogP contribution is -2.24. The summed E-state index contributed by atoms with van der Waals surface area (Å²) in [6.07, 6.45) is 4.67. The predicted molar refractivity (Wildman–Crippen MR) is 108 cm³/mol. The number of nitriles is 1. The molecule has 3 aromatic rings. The molecule has 29 heavy (non-hydrogen) atoms. The van der Waals surface area contributed by atoms with Crippen LogP contribution in [-0.2, 0) is 11.3 Å². The normalized spacial score (nSPS) is 15.5. The van der Waals surface area contributed by atoms with Crippen molar-refractivity contribution in [3.8, 4) is 11.8 Å². The molecule has 5 heteroatoms. The smallest absolute Gasteiger partial charge is 0.262 e. The quantitative estimate of drug-likeness (QED) is 0.518. The molecule has 2 heterocycles. The van der Waals surface area contributed by atoms with E-state index in [0.717, 1.165) is 22.4 Å². The van der Waals surface area contributed by atoms with Gasteiger partial charge in [0.1, 0.15) is 29.3 Å². The maximum atomic E-state index is 12.5. The second-order valence-electron chi connectivity index (χ2n) is 6.52. The maximum Gasteiger partial charge on any atom is 0.262 e. The summed E-state index contributed by atoms with van der Waals surface area (Å²) in [5.41, 5.74) is 2.59. The Bertz CT molecular complexity index is 1110. The van der Waals surface area contributed by atoms with Crippen molar-refractivity contribution in [3.05, 3.63) is 107 Å². The van der Waals surface area contributed by atoms with E-state index in [2.05, 4.69) is 5.32 Å². The standard InChI is InChI=1S/C24H18N2O3/c25-15-20(24(27)26-16-21-10-6-12-28-21)14-19-13-18-9-4-5-11-22(18)29-23(19)17-7-2-1-3-8-17/h1-14,23H,16H2,(H,26,27). The first-order valence-electron chi connectivity index (χ1n) is 9.19. The summed E-state index contributed by atoms with van der Waals surface area (Å²) in [6.45, 7) is 0.214. The highest BCUT2D eigenvalue weighted by Gasteiger charge is 2.24. The molecule has 0 radical (unpaired) electrons. The number of para-hydroxylation sites is 1. The third-order valence-electron chi connectivity index (χ3n) is 4.57. The van der Waals surface area contributed by atoms with Crippen molar-refractivity contribution in [1.82, 2.24) is 5.32 Å². The third kappa shape index (κ3) is 4.12. The van der Waals surface area contributed by atoms with E-state index in [1.165, 1.54) is 6.26 Å². The largest absolute Gasteiger partial charge is 0.480 e. The summed E-state index contributed by atoms with van der Waals surface area (Å²) in [4.78, 5) is 12.5. The van der Waals surface area contributed by atoms with Crippen LogP contribution in [0.2, 0.25) is 0 Å². The molecule has 4 rings (SSSR count). The lowest BCUT2D eigenvalue weighted by molar-refractivity contribution is -0.117. The molecule has 0 aliphatic carbocycles. The molecule has 0 spiro atoms. The van der Waals surface area contributed by atoms with Gasteiger partial charge in [0.05, 0.1) is 12.8 Å². The van der Waals surface area contributed by atoms with Gasteiger partial charge in [-0.3, -0.25) is 4.79 Å². The monoisotopic (exact) mass is 382 g/mol. The van der Waals surface area contributed by atoms with Crippen LogP contribution in [0.3, 0.4) is 0 Å². The molecule has 142 valence electrons. The Labute approximate surface area is 168 Å². The Morgan fingerprint density at radius 1 is 1.07 bits per heavy atom. The van der Waals surface area contributed by atoms with Gasteiger partial charge < -0.3 is 14.5 Å². The molecular weight excluding hydrogens is 364 g/mol. The van der Waals surface area contributed by atoms with E-state index in [0.29, 0.717) is 5.76 Å². The minimum atomic E-state index is -0.463. The molecule has 0 saturated heterocycles. The molecule has 0 bridgehead atoms. The van der Waals surface area contributed by atoms with Crippen LogP contribution in [0, 0.1) is 11.3 Å². The van der Waals surface area contributed by atoms with Crippen LogP contribution in [0.15, 0.2) is 94.6 Å². The van der Waals surface area contributed by atoms with E-state index in [1.807, 2.05) is 66.7 Å². The SMILES string of the molecule is N#CC(=CC1=Cc2ccccc2OC1c1ccccc1)C(=O)NCc1ccco1. The zero-order valence-corrected chi connectivity index (χ0v) is 15.5. The Kier molecular flexibility index (Phi) is 5.26. The van der Waals surface area contributed by atoms with E-state index in [4.69, 9.17) is 9.15 Å². The molecule has 2 aromatic carbocycles. The average Bonchev–Trinajstić information content (AvgIpc) is 3.29. The van der Waals surface area contributed by atoms with Gasteiger partial charge in [0.15, 0.2) is 0 Å². The fourth-order valence-corrected chi connectivity index (χ4v) is 3.15. The van der Waals surface area contributed by atoms with Crippen molar-refractivity contribution >= 4 is 12.0 Å². The van der Waals surface area contributed by atoms with Crippen LogP contribution >= 0.6 is 0 Å².